The third-order valence-corrected chi connectivity index (χ3v) is 5.82. The maximum absolute atomic E-state index is 13.5. The number of nitrogens with zero attached hydrogens (tertiary/aromatic N) is 5. The SMILES string of the molecule is Fc1cccc(/C=C/c2nc(NCCCN3CCOCC3)nc(Nc3cc(C4CC4)[nH]n3)n2)c1. The van der Waals surface area contributed by atoms with Gasteiger partial charge in [-0.1, -0.05) is 18.2 Å². The zero-order chi connectivity index (χ0) is 23.2. The summed E-state index contributed by atoms with van der Waals surface area (Å²) in [6.07, 6.45) is 6.89. The normalized spacial score (nSPS) is 16.7. The van der Waals surface area contributed by atoms with Crippen LogP contribution in [0.25, 0.3) is 12.2 Å². The Labute approximate surface area is 197 Å². The summed E-state index contributed by atoms with van der Waals surface area (Å²) in [6, 6.07) is 8.38. The lowest BCUT2D eigenvalue weighted by Gasteiger charge is -2.26. The molecule has 178 valence electrons. The van der Waals surface area contributed by atoms with Gasteiger partial charge < -0.3 is 15.4 Å². The Balaban J connectivity index is 1.27. The third-order valence-electron chi connectivity index (χ3n) is 5.82. The van der Waals surface area contributed by atoms with E-state index in [-0.39, 0.29) is 5.82 Å². The number of hydrogen-bond donors (Lipinski definition) is 3. The lowest BCUT2D eigenvalue weighted by Crippen LogP contribution is -2.37. The molecule has 0 bridgehead atoms. The smallest absolute Gasteiger partial charge is 0.233 e. The van der Waals surface area contributed by atoms with Crippen molar-refractivity contribution in [2.75, 3.05) is 50.0 Å². The Morgan fingerprint density at radius 2 is 1.94 bits per heavy atom. The van der Waals surface area contributed by atoms with E-state index in [1.54, 1.807) is 18.2 Å². The van der Waals surface area contributed by atoms with E-state index in [0.29, 0.717) is 29.5 Å². The molecular formula is C24H29FN8O. The van der Waals surface area contributed by atoms with Gasteiger partial charge in [-0.3, -0.25) is 10.00 Å². The van der Waals surface area contributed by atoms with Crippen molar-refractivity contribution in [3.63, 3.8) is 0 Å². The van der Waals surface area contributed by atoms with Gasteiger partial charge >= 0.3 is 0 Å². The first-order chi connectivity index (χ1) is 16.7. The Hall–Kier alpha value is -3.37. The van der Waals surface area contributed by atoms with Gasteiger partial charge in [-0.2, -0.15) is 20.1 Å². The maximum Gasteiger partial charge on any atom is 0.233 e. The van der Waals surface area contributed by atoms with Crippen LogP contribution >= 0.6 is 0 Å². The van der Waals surface area contributed by atoms with Crippen molar-refractivity contribution in [2.45, 2.75) is 25.2 Å². The first-order valence-corrected chi connectivity index (χ1v) is 11.8. The lowest BCUT2D eigenvalue weighted by molar-refractivity contribution is 0.0378. The molecule has 9 nitrogen and oxygen atoms in total. The number of H-pyrrole nitrogens is 1. The van der Waals surface area contributed by atoms with Crippen molar-refractivity contribution in [1.82, 2.24) is 30.0 Å². The maximum atomic E-state index is 13.5. The van der Waals surface area contributed by atoms with Crippen molar-refractivity contribution >= 4 is 29.9 Å². The molecule has 10 heteroatoms. The zero-order valence-corrected chi connectivity index (χ0v) is 19.0. The molecule has 0 radical (unpaired) electrons. The third kappa shape index (κ3) is 6.36. The van der Waals surface area contributed by atoms with Crippen molar-refractivity contribution in [3.05, 3.63) is 53.2 Å². The van der Waals surface area contributed by atoms with E-state index in [2.05, 4.69) is 40.7 Å². The van der Waals surface area contributed by atoms with Crippen LogP contribution in [0.15, 0.2) is 30.3 Å². The molecule has 3 heterocycles. The molecule has 1 saturated heterocycles. The zero-order valence-electron chi connectivity index (χ0n) is 19.0. The fourth-order valence-electron chi connectivity index (χ4n) is 3.83. The number of ether oxygens (including phenoxy) is 1. The molecule has 3 aromatic rings. The van der Waals surface area contributed by atoms with Gasteiger partial charge in [-0.15, -0.1) is 0 Å². The highest BCUT2D eigenvalue weighted by molar-refractivity contribution is 5.67. The second-order valence-corrected chi connectivity index (χ2v) is 8.57. The molecule has 0 unspecified atom stereocenters. The minimum Gasteiger partial charge on any atom is -0.379 e. The molecule has 2 aromatic heterocycles. The summed E-state index contributed by atoms with van der Waals surface area (Å²) in [4.78, 5) is 16.0. The highest BCUT2D eigenvalue weighted by atomic mass is 19.1. The first-order valence-electron chi connectivity index (χ1n) is 11.8. The van der Waals surface area contributed by atoms with E-state index in [4.69, 9.17) is 4.74 Å². The van der Waals surface area contributed by atoms with Crippen LogP contribution in [0.4, 0.5) is 22.1 Å². The molecule has 2 fully saturated rings. The van der Waals surface area contributed by atoms with Gasteiger partial charge in [0.1, 0.15) is 5.82 Å². The minimum atomic E-state index is -0.284. The summed E-state index contributed by atoms with van der Waals surface area (Å²) < 4.78 is 18.9. The summed E-state index contributed by atoms with van der Waals surface area (Å²) in [5.74, 6) is 2.32. The summed E-state index contributed by atoms with van der Waals surface area (Å²) in [7, 11) is 0. The van der Waals surface area contributed by atoms with Crippen LogP contribution in [0, 0.1) is 5.82 Å². The van der Waals surface area contributed by atoms with Crippen molar-refractivity contribution in [1.29, 1.82) is 0 Å². The fourth-order valence-corrected chi connectivity index (χ4v) is 3.83. The molecule has 0 amide bonds. The van der Waals surface area contributed by atoms with Crippen LogP contribution < -0.4 is 10.6 Å². The van der Waals surface area contributed by atoms with Crippen LogP contribution in [0.3, 0.4) is 0 Å². The molecular weight excluding hydrogens is 435 g/mol. The van der Waals surface area contributed by atoms with Crippen LogP contribution in [0.2, 0.25) is 0 Å². The molecule has 5 rings (SSSR count). The van der Waals surface area contributed by atoms with Crippen LogP contribution in [-0.2, 0) is 4.74 Å². The first kappa shape index (κ1) is 22.4. The quantitative estimate of drug-likeness (QED) is 0.391. The highest BCUT2D eigenvalue weighted by Crippen LogP contribution is 2.39. The monoisotopic (exact) mass is 464 g/mol. The number of anilines is 3. The average molecular weight is 465 g/mol. The van der Waals surface area contributed by atoms with Gasteiger partial charge in [0.05, 0.1) is 13.2 Å². The lowest BCUT2D eigenvalue weighted by atomic mass is 10.2. The van der Waals surface area contributed by atoms with Crippen LogP contribution in [0.5, 0.6) is 0 Å². The highest BCUT2D eigenvalue weighted by Gasteiger charge is 2.25. The predicted octanol–water partition coefficient (Wildman–Crippen LogP) is 3.66. The Bertz CT molecular complexity index is 1120. The number of morpholine rings is 1. The van der Waals surface area contributed by atoms with E-state index < -0.39 is 0 Å². The molecule has 0 atom stereocenters. The number of rotatable bonds is 10. The Kier molecular flexibility index (Phi) is 7.06. The van der Waals surface area contributed by atoms with Crippen molar-refractivity contribution in [3.8, 4) is 0 Å². The standard InChI is InChI=1S/C24H29FN8O/c25-19-4-1-3-17(15-19)5-8-21-27-23(26-9-2-10-33-11-13-34-14-12-33)30-24(28-21)29-22-16-20(31-32-22)18-6-7-18/h1,3-5,8,15-16,18H,2,6-7,9-14H2,(H3,26,27,28,29,30,31,32)/b8-5+. The van der Waals surface area contributed by atoms with Crippen LogP contribution in [0.1, 0.15) is 42.3 Å². The van der Waals surface area contributed by atoms with Crippen molar-refractivity contribution < 1.29 is 9.13 Å². The van der Waals surface area contributed by atoms with Crippen LogP contribution in [-0.4, -0.2) is 69.4 Å². The number of aromatic nitrogens is 5. The van der Waals surface area contributed by atoms with E-state index in [0.717, 1.165) is 57.1 Å². The summed E-state index contributed by atoms with van der Waals surface area (Å²) in [5, 5.41) is 13.9. The largest absolute Gasteiger partial charge is 0.379 e. The molecule has 1 aliphatic heterocycles. The summed E-state index contributed by atoms with van der Waals surface area (Å²) in [6.45, 7) is 5.28. The Morgan fingerprint density at radius 3 is 2.76 bits per heavy atom. The molecule has 0 spiro atoms. The van der Waals surface area contributed by atoms with E-state index in [9.17, 15) is 4.39 Å². The minimum absolute atomic E-state index is 0.284. The molecule has 3 N–H and O–H groups in total. The molecule has 1 aromatic carbocycles. The molecule has 34 heavy (non-hydrogen) atoms. The molecule has 2 aliphatic rings. The second-order valence-electron chi connectivity index (χ2n) is 8.57. The number of benzene rings is 1. The van der Waals surface area contributed by atoms with Gasteiger partial charge in [-0.25, -0.2) is 4.39 Å². The Morgan fingerprint density at radius 1 is 1.09 bits per heavy atom. The number of aromatic amines is 1. The summed E-state index contributed by atoms with van der Waals surface area (Å²) in [5.41, 5.74) is 1.86. The fraction of sp³-hybridized carbons (Fsp3) is 0.417. The van der Waals surface area contributed by atoms with Gasteiger partial charge in [0.15, 0.2) is 11.6 Å². The molecule has 1 saturated carbocycles. The van der Waals surface area contributed by atoms with E-state index in [1.165, 1.54) is 25.0 Å². The van der Waals surface area contributed by atoms with E-state index >= 15 is 0 Å². The number of nitrogens with one attached hydrogen (secondary N) is 3. The van der Waals surface area contributed by atoms with Gasteiger partial charge in [0, 0.05) is 37.3 Å². The van der Waals surface area contributed by atoms with Gasteiger partial charge in [0.2, 0.25) is 11.9 Å². The number of halogens is 1. The topological polar surface area (TPSA) is 104 Å². The predicted molar refractivity (Wildman–Crippen MR) is 129 cm³/mol. The summed E-state index contributed by atoms with van der Waals surface area (Å²) >= 11 is 0. The second kappa shape index (κ2) is 10.7. The van der Waals surface area contributed by atoms with E-state index in [1.807, 2.05) is 12.1 Å². The average Bonchev–Trinajstić information content (AvgIpc) is 3.60. The van der Waals surface area contributed by atoms with Gasteiger partial charge in [0.25, 0.3) is 0 Å². The number of hydrogen-bond acceptors (Lipinski definition) is 8. The van der Waals surface area contributed by atoms with Gasteiger partial charge in [-0.05, 0) is 49.6 Å². The van der Waals surface area contributed by atoms with Crippen molar-refractivity contribution in [2.24, 2.45) is 0 Å². The molecule has 1 aliphatic carbocycles.